The molecular formula is C19H20N2O2S2. The van der Waals surface area contributed by atoms with Gasteiger partial charge in [-0.25, -0.2) is 8.42 Å². The Balaban J connectivity index is 1.76. The molecule has 0 radical (unpaired) electrons. The number of allylic oxidation sites excluding steroid dienone is 3. The molecular weight excluding hydrogens is 352 g/mol. The second kappa shape index (κ2) is 8.27. The van der Waals surface area contributed by atoms with Crippen molar-refractivity contribution in [3.63, 3.8) is 0 Å². The van der Waals surface area contributed by atoms with Gasteiger partial charge in [0.25, 0.3) is 0 Å². The SMILES string of the molecule is CN(C1=CCCC=C1)S(=O)c1cccc(S(=O)Nc2ccccc2)c1. The summed E-state index contributed by atoms with van der Waals surface area (Å²) in [4.78, 5) is 1.22. The molecule has 25 heavy (non-hydrogen) atoms. The van der Waals surface area contributed by atoms with Gasteiger partial charge in [-0.3, -0.25) is 4.31 Å². The molecule has 2 aromatic carbocycles. The lowest BCUT2D eigenvalue weighted by Crippen LogP contribution is -2.20. The molecule has 0 aromatic heterocycles. The van der Waals surface area contributed by atoms with Crippen molar-refractivity contribution in [1.29, 1.82) is 0 Å². The molecule has 130 valence electrons. The quantitative estimate of drug-likeness (QED) is 0.833. The number of likely N-dealkylation sites (N-methyl/N-ethyl adjacent to an activating group) is 1. The van der Waals surface area contributed by atoms with E-state index in [-0.39, 0.29) is 0 Å². The first-order chi connectivity index (χ1) is 12.1. The number of benzene rings is 2. The summed E-state index contributed by atoms with van der Waals surface area (Å²) in [5.41, 5.74) is 1.72. The van der Waals surface area contributed by atoms with Crippen LogP contribution in [0.3, 0.4) is 0 Å². The highest BCUT2D eigenvalue weighted by molar-refractivity contribution is 7.86. The average molecular weight is 373 g/mol. The summed E-state index contributed by atoms with van der Waals surface area (Å²) in [5, 5.41) is 0. The van der Waals surface area contributed by atoms with Gasteiger partial charge in [-0.2, -0.15) is 0 Å². The molecule has 0 amide bonds. The fourth-order valence-electron chi connectivity index (χ4n) is 2.46. The third-order valence-electron chi connectivity index (χ3n) is 3.79. The van der Waals surface area contributed by atoms with E-state index in [0.29, 0.717) is 9.79 Å². The van der Waals surface area contributed by atoms with E-state index in [4.69, 9.17) is 0 Å². The van der Waals surface area contributed by atoms with Gasteiger partial charge in [0.2, 0.25) is 0 Å². The second-order valence-corrected chi connectivity index (χ2v) is 8.30. The third kappa shape index (κ3) is 4.46. The lowest BCUT2D eigenvalue weighted by molar-refractivity contribution is 0.610. The van der Waals surface area contributed by atoms with Gasteiger partial charge < -0.3 is 4.72 Å². The fourth-order valence-corrected chi connectivity index (χ4v) is 4.50. The van der Waals surface area contributed by atoms with Gasteiger partial charge in [0, 0.05) is 18.4 Å². The molecule has 0 bridgehead atoms. The van der Waals surface area contributed by atoms with Gasteiger partial charge >= 0.3 is 0 Å². The summed E-state index contributed by atoms with van der Waals surface area (Å²) in [7, 11) is -0.949. The number of rotatable bonds is 6. The predicted octanol–water partition coefficient (Wildman–Crippen LogP) is 4.01. The molecule has 4 nitrogen and oxygen atoms in total. The second-order valence-electron chi connectivity index (χ2n) is 5.57. The van der Waals surface area contributed by atoms with Crippen LogP contribution in [0.4, 0.5) is 5.69 Å². The molecule has 1 N–H and O–H groups in total. The Kier molecular flexibility index (Phi) is 5.83. The van der Waals surface area contributed by atoms with Crippen LogP contribution in [-0.4, -0.2) is 19.8 Å². The minimum Gasteiger partial charge on any atom is -0.301 e. The van der Waals surface area contributed by atoms with Crippen molar-refractivity contribution in [1.82, 2.24) is 4.31 Å². The molecule has 0 heterocycles. The third-order valence-corrected chi connectivity index (χ3v) is 6.26. The number of nitrogens with one attached hydrogen (secondary N) is 1. The van der Waals surface area contributed by atoms with Crippen LogP contribution >= 0.6 is 0 Å². The highest BCUT2D eigenvalue weighted by atomic mass is 32.2. The summed E-state index contributed by atoms with van der Waals surface area (Å²) in [5.74, 6) is 0. The first kappa shape index (κ1) is 17.6. The van der Waals surface area contributed by atoms with Crippen molar-refractivity contribution < 1.29 is 8.42 Å². The molecule has 0 fully saturated rings. The zero-order valence-corrected chi connectivity index (χ0v) is 15.6. The summed E-state index contributed by atoms with van der Waals surface area (Å²) < 4.78 is 30.0. The van der Waals surface area contributed by atoms with Crippen molar-refractivity contribution in [2.24, 2.45) is 0 Å². The topological polar surface area (TPSA) is 49.4 Å². The van der Waals surface area contributed by atoms with Gasteiger partial charge in [0.05, 0.1) is 9.79 Å². The number of hydrogen-bond donors (Lipinski definition) is 1. The van der Waals surface area contributed by atoms with Crippen LogP contribution in [0.2, 0.25) is 0 Å². The minimum atomic E-state index is -1.41. The van der Waals surface area contributed by atoms with Crippen LogP contribution in [0, 0.1) is 0 Å². The normalized spacial score (nSPS) is 16.0. The van der Waals surface area contributed by atoms with Crippen molar-refractivity contribution in [3.8, 4) is 0 Å². The molecule has 0 saturated heterocycles. The van der Waals surface area contributed by atoms with E-state index in [1.807, 2.05) is 43.5 Å². The van der Waals surface area contributed by atoms with Crippen LogP contribution in [0.1, 0.15) is 12.8 Å². The van der Waals surface area contributed by atoms with Crippen molar-refractivity contribution in [2.75, 3.05) is 11.8 Å². The molecule has 0 aliphatic heterocycles. The maximum absolute atomic E-state index is 12.8. The summed E-state index contributed by atoms with van der Waals surface area (Å²) in [6.45, 7) is 0. The van der Waals surface area contributed by atoms with Gasteiger partial charge in [0.1, 0.15) is 11.0 Å². The molecule has 1 aliphatic rings. The first-order valence-corrected chi connectivity index (χ1v) is 10.3. The molecule has 2 unspecified atom stereocenters. The van der Waals surface area contributed by atoms with Gasteiger partial charge in [-0.05, 0) is 49.2 Å². The standard InChI is InChI=1S/C19H20N2O2S2/c1-21(17-11-6-3-7-12-17)25(23)19-14-8-13-18(15-19)24(22)20-16-9-4-2-5-10-16/h2,4-6,8-15,20H,3,7H2,1H3. The molecule has 2 atom stereocenters. The van der Waals surface area contributed by atoms with Gasteiger partial charge in [0.15, 0.2) is 11.0 Å². The van der Waals surface area contributed by atoms with E-state index in [1.165, 1.54) is 0 Å². The van der Waals surface area contributed by atoms with E-state index in [0.717, 1.165) is 24.2 Å². The number of nitrogens with zero attached hydrogens (tertiary/aromatic N) is 1. The van der Waals surface area contributed by atoms with Gasteiger partial charge in [-0.1, -0.05) is 36.4 Å². The molecule has 0 saturated carbocycles. The predicted molar refractivity (Wildman–Crippen MR) is 104 cm³/mol. The number of hydrogen-bond acceptors (Lipinski definition) is 2. The number of para-hydroxylation sites is 1. The Bertz CT molecular complexity index is 848. The van der Waals surface area contributed by atoms with Crippen LogP contribution in [0.15, 0.2) is 88.3 Å². The van der Waals surface area contributed by atoms with E-state index >= 15 is 0 Å². The molecule has 1 aliphatic carbocycles. The first-order valence-electron chi connectivity index (χ1n) is 8.01. The van der Waals surface area contributed by atoms with Crippen molar-refractivity contribution in [2.45, 2.75) is 22.6 Å². The lowest BCUT2D eigenvalue weighted by Gasteiger charge is -2.21. The van der Waals surface area contributed by atoms with E-state index in [1.54, 1.807) is 28.6 Å². The van der Waals surface area contributed by atoms with Crippen LogP contribution in [0.5, 0.6) is 0 Å². The number of anilines is 1. The highest BCUT2D eigenvalue weighted by Crippen LogP contribution is 2.21. The van der Waals surface area contributed by atoms with E-state index < -0.39 is 22.0 Å². The fraction of sp³-hybridized carbons (Fsp3) is 0.158. The maximum atomic E-state index is 12.8. The zero-order chi connectivity index (χ0) is 17.6. The summed E-state index contributed by atoms with van der Waals surface area (Å²) in [6.07, 6.45) is 8.12. The van der Waals surface area contributed by atoms with Crippen LogP contribution in [-0.2, 0) is 22.0 Å². The summed E-state index contributed by atoms with van der Waals surface area (Å²) >= 11 is 0. The highest BCUT2D eigenvalue weighted by Gasteiger charge is 2.15. The minimum absolute atomic E-state index is 0.594. The van der Waals surface area contributed by atoms with Crippen LogP contribution in [0.25, 0.3) is 0 Å². The molecule has 0 spiro atoms. The maximum Gasteiger partial charge on any atom is 0.152 e. The Morgan fingerprint density at radius 1 is 0.960 bits per heavy atom. The largest absolute Gasteiger partial charge is 0.301 e. The van der Waals surface area contributed by atoms with Crippen molar-refractivity contribution in [3.05, 3.63) is 78.5 Å². The summed E-state index contributed by atoms with van der Waals surface area (Å²) in [6, 6.07) is 16.5. The van der Waals surface area contributed by atoms with E-state index in [2.05, 4.69) is 16.9 Å². The monoisotopic (exact) mass is 372 g/mol. The Hall–Kier alpha value is -2.18. The Morgan fingerprint density at radius 3 is 2.44 bits per heavy atom. The average Bonchev–Trinajstić information content (AvgIpc) is 2.68. The smallest absolute Gasteiger partial charge is 0.152 e. The zero-order valence-electron chi connectivity index (χ0n) is 13.9. The van der Waals surface area contributed by atoms with Gasteiger partial charge in [-0.15, -0.1) is 0 Å². The molecule has 2 aromatic rings. The lowest BCUT2D eigenvalue weighted by atomic mass is 10.1. The van der Waals surface area contributed by atoms with E-state index in [9.17, 15) is 8.42 Å². The molecule has 6 heteroatoms. The Labute approximate surface area is 153 Å². The van der Waals surface area contributed by atoms with Crippen LogP contribution < -0.4 is 4.72 Å². The molecule has 3 rings (SSSR count). The van der Waals surface area contributed by atoms with Crippen molar-refractivity contribution >= 4 is 27.7 Å². The Morgan fingerprint density at radius 2 is 1.72 bits per heavy atom.